The largest absolute Gasteiger partial charge is 0.379 e. The Balaban J connectivity index is 1.71. The van der Waals surface area contributed by atoms with Gasteiger partial charge in [0.05, 0.1) is 11.5 Å². The van der Waals surface area contributed by atoms with Crippen molar-refractivity contribution < 1.29 is 14.5 Å². The monoisotopic (exact) mass is 322 g/mol. The smallest absolute Gasteiger partial charge is 0.292 e. The number of hydrogen-bond donors (Lipinski definition) is 3. The number of anilines is 1. The Morgan fingerprint density at radius 2 is 2.30 bits per heavy atom. The molecule has 0 saturated carbocycles. The average molecular weight is 322 g/mol. The Labute approximate surface area is 134 Å². The molecule has 1 unspecified atom stereocenters. The summed E-state index contributed by atoms with van der Waals surface area (Å²) in [6, 6.07) is 5.07. The fourth-order valence-corrected chi connectivity index (χ4v) is 2.31. The molecule has 1 aliphatic rings. The molecule has 1 saturated heterocycles. The van der Waals surface area contributed by atoms with Gasteiger partial charge in [-0.05, 0) is 25.0 Å². The van der Waals surface area contributed by atoms with Crippen LogP contribution in [-0.2, 0) is 9.53 Å². The van der Waals surface area contributed by atoms with Gasteiger partial charge in [-0.2, -0.15) is 0 Å². The van der Waals surface area contributed by atoms with Gasteiger partial charge in [-0.3, -0.25) is 14.9 Å². The number of benzene rings is 1. The first-order valence-corrected chi connectivity index (χ1v) is 7.67. The summed E-state index contributed by atoms with van der Waals surface area (Å²) in [7, 11) is 0. The molecule has 8 nitrogen and oxygen atoms in total. The van der Waals surface area contributed by atoms with E-state index in [2.05, 4.69) is 16.0 Å². The van der Waals surface area contributed by atoms with Gasteiger partial charge in [0.1, 0.15) is 11.8 Å². The normalized spacial score (nSPS) is 17.5. The Kier molecular flexibility index (Phi) is 6.30. The van der Waals surface area contributed by atoms with Crippen LogP contribution in [0.5, 0.6) is 0 Å². The van der Waals surface area contributed by atoms with E-state index in [1.807, 2.05) is 13.0 Å². The fraction of sp³-hybridized carbons (Fsp3) is 0.533. The van der Waals surface area contributed by atoms with Gasteiger partial charge in [0.15, 0.2) is 0 Å². The molecule has 3 N–H and O–H groups in total. The second kappa shape index (κ2) is 8.44. The molecule has 0 aromatic heterocycles. The van der Waals surface area contributed by atoms with Crippen molar-refractivity contribution in [2.24, 2.45) is 0 Å². The maximum Gasteiger partial charge on any atom is 0.292 e. The first-order chi connectivity index (χ1) is 11.1. The summed E-state index contributed by atoms with van der Waals surface area (Å²) < 4.78 is 5.35. The van der Waals surface area contributed by atoms with Gasteiger partial charge in [0, 0.05) is 32.2 Å². The molecular weight excluding hydrogens is 300 g/mol. The molecule has 0 spiro atoms. The van der Waals surface area contributed by atoms with Crippen LogP contribution in [0.25, 0.3) is 0 Å². The lowest BCUT2D eigenvalue weighted by atomic mass is 10.2. The maximum atomic E-state index is 11.8. The molecule has 1 atom stereocenters. The van der Waals surface area contributed by atoms with Crippen molar-refractivity contribution in [2.75, 3.05) is 38.1 Å². The third-order valence-electron chi connectivity index (χ3n) is 3.54. The second-order valence-corrected chi connectivity index (χ2v) is 5.41. The topological polar surface area (TPSA) is 106 Å². The molecule has 0 radical (unpaired) electrons. The molecule has 2 rings (SSSR count). The number of carbonyl (C=O) groups is 1. The molecule has 0 aliphatic carbocycles. The molecule has 1 aromatic rings. The molecule has 8 heteroatoms. The fourth-order valence-electron chi connectivity index (χ4n) is 2.31. The summed E-state index contributed by atoms with van der Waals surface area (Å²) in [6.07, 6.45) is 0.228. The van der Waals surface area contributed by atoms with E-state index in [1.54, 1.807) is 6.07 Å². The van der Waals surface area contributed by atoms with Gasteiger partial charge in [0.2, 0.25) is 5.91 Å². The van der Waals surface area contributed by atoms with Crippen molar-refractivity contribution in [1.29, 1.82) is 0 Å². The van der Waals surface area contributed by atoms with E-state index in [9.17, 15) is 14.9 Å². The number of nitrogens with one attached hydrogen (secondary N) is 3. The quantitative estimate of drug-likeness (QED) is 0.390. The van der Waals surface area contributed by atoms with Crippen molar-refractivity contribution in [3.05, 3.63) is 33.9 Å². The van der Waals surface area contributed by atoms with E-state index >= 15 is 0 Å². The molecule has 1 aromatic carbocycles. The zero-order chi connectivity index (χ0) is 16.7. The molecule has 1 fully saturated rings. The van der Waals surface area contributed by atoms with E-state index in [-0.39, 0.29) is 11.6 Å². The minimum absolute atomic E-state index is 0.0655. The lowest BCUT2D eigenvalue weighted by Gasteiger charge is -2.22. The molecule has 0 bridgehead atoms. The molecule has 1 aliphatic heterocycles. The number of carbonyl (C=O) groups excluding carboxylic acids is 1. The molecule has 1 heterocycles. The number of nitro benzene ring substituents is 1. The summed E-state index contributed by atoms with van der Waals surface area (Å²) >= 11 is 0. The summed E-state index contributed by atoms with van der Waals surface area (Å²) in [4.78, 5) is 22.4. The number of morpholine rings is 1. The molecular formula is C15H22N4O4. The lowest BCUT2D eigenvalue weighted by molar-refractivity contribution is -0.384. The minimum Gasteiger partial charge on any atom is -0.379 e. The zero-order valence-corrected chi connectivity index (χ0v) is 13.1. The van der Waals surface area contributed by atoms with Crippen molar-refractivity contribution >= 4 is 17.3 Å². The summed E-state index contributed by atoms with van der Waals surface area (Å²) in [6.45, 7) is 4.67. The minimum atomic E-state index is -0.435. The number of amides is 1. The average Bonchev–Trinajstić information content (AvgIpc) is 2.56. The van der Waals surface area contributed by atoms with Crippen LogP contribution in [0, 0.1) is 17.0 Å². The van der Waals surface area contributed by atoms with Crippen molar-refractivity contribution in [1.82, 2.24) is 10.6 Å². The van der Waals surface area contributed by atoms with Crippen molar-refractivity contribution in [3.63, 3.8) is 0 Å². The Bertz CT molecular complexity index is 558. The predicted molar refractivity (Wildman–Crippen MR) is 86.6 cm³/mol. The van der Waals surface area contributed by atoms with E-state index < -0.39 is 11.0 Å². The number of nitrogens with zero attached hydrogens (tertiary/aromatic N) is 1. The van der Waals surface area contributed by atoms with E-state index in [4.69, 9.17) is 4.74 Å². The van der Waals surface area contributed by atoms with Crippen LogP contribution in [0.2, 0.25) is 0 Å². The third-order valence-corrected chi connectivity index (χ3v) is 3.54. The van der Waals surface area contributed by atoms with E-state index in [0.29, 0.717) is 38.3 Å². The standard InChI is InChI=1S/C15H22N4O4/c1-11-3-4-12(13(9-11)19(21)22)17-5-2-6-18-15(20)14-10-16-7-8-23-14/h3-4,9,14,16-17H,2,5-8,10H2,1H3,(H,18,20). The van der Waals surface area contributed by atoms with Gasteiger partial charge >= 0.3 is 0 Å². The summed E-state index contributed by atoms with van der Waals surface area (Å²) in [5, 5.41) is 20.0. The van der Waals surface area contributed by atoms with Crippen molar-refractivity contribution in [3.8, 4) is 0 Å². The van der Waals surface area contributed by atoms with Crippen LogP contribution in [0.15, 0.2) is 18.2 Å². The number of hydrogen-bond acceptors (Lipinski definition) is 6. The van der Waals surface area contributed by atoms with Gasteiger partial charge in [-0.1, -0.05) is 6.07 Å². The highest BCUT2D eigenvalue weighted by molar-refractivity contribution is 5.81. The first-order valence-electron chi connectivity index (χ1n) is 7.67. The van der Waals surface area contributed by atoms with Crippen LogP contribution in [0.3, 0.4) is 0 Å². The summed E-state index contributed by atoms with van der Waals surface area (Å²) in [5.74, 6) is -0.126. The zero-order valence-electron chi connectivity index (χ0n) is 13.1. The Hall–Kier alpha value is -2.19. The van der Waals surface area contributed by atoms with Crippen LogP contribution in [0.4, 0.5) is 11.4 Å². The maximum absolute atomic E-state index is 11.8. The molecule has 23 heavy (non-hydrogen) atoms. The number of aryl methyl sites for hydroxylation is 1. The van der Waals surface area contributed by atoms with Gasteiger partial charge in [0.25, 0.3) is 5.69 Å². The van der Waals surface area contributed by atoms with Gasteiger partial charge < -0.3 is 20.7 Å². The highest BCUT2D eigenvalue weighted by Crippen LogP contribution is 2.24. The SMILES string of the molecule is Cc1ccc(NCCCNC(=O)C2CNCCO2)c([N+](=O)[O-])c1. The highest BCUT2D eigenvalue weighted by Gasteiger charge is 2.20. The van der Waals surface area contributed by atoms with Crippen LogP contribution >= 0.6 is 0 Å². The highest BCUT2D eigenvalue weighted by atomic mass is 16.6. The lowest BCUT2D eigenvalue weighted by Crippen LogP contribution is -2.48. The van der Waals surface area contributed by atoms with Crippen LogP contribution in [0.1, 0.15) is 12.0 Å². The predicted octanol–water partition coefficient (Wildman–Crippen LogP) is 0.810. The number of rotatable bonds is 7. The van der Waals surface area contributed by atoms with E-state index in [1.165, 1.54) is 6.07 Å². The third kappa shape index (κ3) is 5.19. The summed E-state index contributed by atoms with van der Waals surface area (Å²) in [5.41, 5.74) is 1.40. The Morgan fingerprint density at radius 1 is 1.48 bits per heavy atom. The van der Waals surface area contributed by atoms with Gasteiger partial charge in [-0.25, -0.2) is 0 Å². The first kappa shape index (κ1) is 17.2. The number of ether oxygens (including phenoxy) is 1. The Morgan fingerprint density at radius 3 is 3.00 bits per heavy atom. The van der Waals surface area contributed by atoms with Gasteiger partial charge in [-0.15, -0.1) is 0 Å². The van der Waals surface area contributed by atoms with E-state index in [0.717, 1.165) is 12.1 Å². The second-order valence-electron chi connectivity index (χ2n) is 5.41. The van der Waals surface area contributed by atoms with Crippen LogP contribution < -0.4 is 16.0 Å². The number of nitro groups is 1. The van der Waals surface area contributed by atoms with Crippen molar-refractivity contribution in [2.45, 2.75) is 19.4 Å². The van der Waals surface area contributed by atoms with Crippen LogP contribution in [-0.4, -0.2) is 49.7 Å². The molecule has 1 amide bonds. The molecule has 126 valence electrons.